The standard InChI is InChI=1S/C22H33N5O3/c1-22(2,3)30-21(29)26-11-12-27-18(15-26)14-24-20(27)23-10-9-16-7-6-8-17(13-16)19(28)25(4)5/h6-8,13,18H,9-12,14-15H2,1-5H3,(H,23,24). The van der Waals surface area contributed by atoms with Gasteiger partial charge in [0.2, 0.25) is 0 Å². The van der Waals surface area contributed by atoms with E-state index in [2.05, 4.69) is 15.2 Å². The molecule has 2 amide bonds. The first kappa shape index (κ1) is 21.9. The number of ether oxygens (including phenoxy) is 1. The number of nitrogens with zero attached hydrogens (tertiary/aromatic N) is 4. The van der Waals surface area contributed by atoms with Gasteiger partial charge in [-0.15, -0.1) is 0 Å². The van der Waals surface area contributed by atoms with Crippen molar-refractivity contribution in [3.8, 4) is 0 Å². The lowest BCUT2D eigenvalue weighted by atomic mass is 10.1. The maximum absolute atomic E-state index is 12.3. The summed E-state index contributed by atoms with van der Waals surface area (Å²) in [6, 6.07) is 7.94. The van der Waals surface area contributed by atoms with E-state index in [1.807, 2.05) is 45.0 Å². The molecule has 0 saturated carbocycles. The molecule has 2 aliphatic rings. The number of hydrogen-bond donors (Lipinski definition) is 1. The molecule has 8 heteroatoms. The molecule has 0 radical (unpaired) electrons. The second-order valence-electron chi connectivity index (χ2n) is 9.01. The van der Waals surface area contributed by atoms with Crippen LogP contribution in [0.15, 0.2) is 29.3 Å². The summed E-state index contributed by atoms with van der Waals surface area (Å²) in [5.74, 6) is 0.903. The van der Waals surface area contributed by atoms with Crippen molar-refractivity contribution < 1.29 is 14.3 Å². The molecule has 30 heavy (non-hydrogen) atoms. The quantitative estimate of drug-likeness (QED) is 0.812. The Morgan fingerprint density at radius 1 is 1.27 bits per heavy atom. The molecule has 1 N–H and O–H groups in total. The molecule has 2 heterocycles. The van der Waals surface area contributed by atoms with Crippen molar-refractivity contribution in [1.29, 1.82) is 0 Å². The third-order valence-electron chi connectivity index (χ3n) is 5.14. The summed E-state index contributed by atoms with van der Waals surface area (Å²) in [6.45, 7) is 9.05. The number of guanidine groups is 1. The molecule has 0 aromatic heterocycles. The van der Waals surface area contributed by atoms with E-state index in [-0.39, 0.29) is 18.0 Å². The highest BCUT2D eigenvalue weighted by molar-refractivity contribution is 5.94. The topological polar surface area (TPSA) is 77.5 Å². The van der Waals surface area contributed by atoms with Crippen LogP contribution in [-0.4, -0.2) is 91.1 Å². The number of amides is 2. The zero-order chi connectivity index (χ0) is 21.9. The van der Waals surface area contributed by atoms with Crippen LogP contribution in [0.25, 0.3) is 0 Å². The molecule has 1 aromatic carbocycles. The number of benzene rings is 1. The fourth-order valence-electron chi connectivity index (χ4n) is 3.66. The van der Waals surface area contributed by atoms with Crippen molar-refractivity contribution in [1.82, 2.24) is 20.0 Å². The number of hydrogen-bond acceptors (Lipinski definition) is 6. The van der Waals surface area contributed by atoms with Crippen LogP contribution in [-0.2, 0) is 11.2 Å². The molecule has 164 valence electrons. The van der Waals surface area contributed by atoms with Gasteiger partial charge in [-0.05, 0) is 44.9 Å². The number of fused-ring (bicyclic) bond motifs is 1. The van der Waals surface area contributed by atoms with Crippen molar-refractivity contribution in [2.75, 3.05) is 46.8 Å². The van der Waals surface area contributed by atoms with Gasteiger partial charge >= 0.3 is 6.09 Å². The van der Waals surface area contributed by atoms with E-state index in [0.29, 0.717) is 25.2 Å². The number of aliphatic imine (C=N–C) groups is 1. The van der Waals surface area contributed by atoms with E-state index >= 15 is 0 Å². The van der Waals surface area contributed by atoms with Crippen molar-refractivity contribution >= 4 is 18.0 Å². The van der Waals surface area contributed by atoms with Gasteiger partial charge in [-0.25, -0.2) is 4.79 Å². The van der Waals surface area contributed by atoms with E-state index in [1.165, 1.54) is 0 Å². The number of carbonyl (C=O) groups is 2. The van der Waals surface area contributed by atoms with Crippen LogP contribution in [0.4, 0.5) is 4.79 Å². The first-order chi connectivity index (χ1) is 14.1. The van der Waals surface area contributed by atoms with Crippen molar-refractivity contribution in [2.24, 2.45) is 4.99 Å². The number of carbonyl (C=O) groups excluding carboxylic acids is 2. The molecule has 0 spiro atoms. The highest BCUT2D eigenvalue weighted by atomic mass is 16.6. The van der Waals surface area contributed by atoms with Crippen LogP contribution in [0.5, 0.6) is 0 Å². The molecule has 0 bridgehead atoms. The zero-order valence-electron chi connectivity index (χ0n) is 18.6. The second kappa shape index (κ2) is 8.93. The van der Waals surface area contributed by atoms with Gasteiger partial charge in [0.15, 0.2) is 5.96 Å². The molecule has 1 aromatic rings. The highest BCUT2D eigenvalue weighted by Crippen LogP contribution is 2.18. The molecular weight excluding hydrogens is 382 g/mol. The van der Waals surface area contributed by atoms with Crippen LogP contribution in [0.2, 0.25) is 0 Å². The summed E-state index contributed by atoms with van der Waals surface area (Å²) in [5.41, 5.74) is 1.33. The number of rotatable bonds is 4. The molecular formula is C22H33N5O3. The largest absolute Gasteiger partial charge is 0.444 e. The van der Waals surface area contributed by atoms with Gasteiger partial charge in [-0.1, -0.05) is 12.1 Å². The Morgan fingerprint density at radius 3 is 2.73 bits per heavy atom. The molecule has 1 fully saturated rings. The SMILES string of the molecule is CN(C)C(=O)c1cccc(CCNC2=NCC3CN(C(=O)OC(C)(C)C)CCN23)c1. The lowest BCUT2D eigenvalue weighted by Crippen LogP contribution is -2.57. The minimum atomic E-state index is -0.485. The van der Waals surface area contributed by atoms with Crippen molar-refractivity contribution in [3.05, 3.63) is 35.4 Å². The summed E-state index contributed by atoms with van der Waals surface area (Å²) in [5, 5.41) is 3.43. The Morgan fingerprint density at radius 2 is 2.03 bits per heavy atom. The van der Waals surface area contributed by atoms with Gasteiger partial charge in [0, 0.05) is 45.8 Å². The zero-order valence-corrected chi connectivity index (χ0v) is 18.6. The Bertz CT molecular complexity index is 815. The summed E-state index contributed by atoms with van der Waals surface area (Å²) in [4.78, 5) is 34.7. The monoisotopic (exact) mass is 415 g/mol. The van der Waals surface area contributed by atoms with Crippen molar-refractivity contribution in [3.63, 3.8) is 0 Å². The fraction of sp³-hybridized carbons (Fsp3) is 0.591. The Balaban J connectivity index is 1.48. The summed E-state index contributed by atoms with van der Waals surface area (Å²) < 4.78 is 5.50. The first-order valence-electron chi connectivity index (χ1n) is 10.5. The average molecular weight is 416 g/mol. The van der Waals surface area contributed by atoms with E-state index in [9.17, 15) is 9.59 Å². The predicted molar refractivity (Wildman–Crippen MR) is 117 cm³/mol. The molecule has 1 unspecified atom stereocenters. The van der Waals surface area contributed by atoms with Crippen LogP contribution < -0.4 is 5.32 Å². The van der Waals surface area contributed by atoms with Crippen LogP contribution in [0.3, 0.4) is 0 Å². The summed E-state index contributed by atoms with van der Waals surface area (Å²) >= 11 is 0. The summed E-state index contributed by atoms with van der Waals surface area (Å²) in [7, 11) is 3.52. The van der Waals surface area contributed by atoms with Gasteiger partial charge in [0.1, 0.15) is 5.60 Å². The maximum Gasteiger partial charge on any atom is 0.410 e. The second-order valence-corrected chi connectivity index (χ2v) is 9.01. The lowest BCUT2D eigenvalue weighted by molar-refractivity contribution is 0.0137. The maximum atomic E-state index is 12.3. The predicted octanol–water partition coefficient (Wildman–Crippen LogP) is 1.81. The Hall–Kier alpha value is -2.77. The fourth-order valence-corrected chi connectivity index (χ4v) is 3.66. The third kappa shape index (κ3) is 5.43. The van der Waals surface area contributed by atoms with Gasteiger partial charge in [-0.3, -0.25) is 9.79 Å². The van der Waals surface area contributed by atoms with E-state index in [1.54, 1.807) is 23.9 Å². The van der Waals surface area contributed by atoms with Crippen LogP contribution in [0.1, 0.15) is 36.7 Å². The molecule has 0 aliphatic carbocycles. The van der Waals surface area contributed by atoms with Gasteiger partial charge in [0.25, 0.3) is 5.91 Å². The molecule has 8 nitrogen and oxygen atoms in total. The number of piperazine rings is 1. The molecule has 1 atom stereocenters. The minimum absolute atomic E-state index is 0.00989. The Kier molecular flexibility index (Phi) is 6.53. The number of nitrogens with one attached hydrogen (secondary N) is 1. The van der Waals surface area contributed by atoms with E-state index < -0.39 is 5.60 Å². The average Bonchev–Trinajstić information content (AvgIpc) is 3.08. The molecule has 3 rings (SSSR count). The minimum Gasteiger partial charge on any atom is -0.444 e. The first-order valence-corrected chi connectivity index (χ1v) is 10.5. The van der Waals surface area contributed by atoms with Crippen molar-refractivity contribution in [2.45, 2.75) is 38.8 Å². The van der Waals surface area contributed by atoms with Gasteiger partial charge < -0.3 is 24.8 Å². The van der Waals surface area contributed by atoms with Gasteiger partial charge in [0.05, 0.1) is 12.6 Å². The van der Waals surface area contributed by atoms with Crippen LogP contribution >= 0.6 is 0 Å². The highest BCUT2D eigenvalue weighted by Gasteiger charge is 2.36. The normalized spacial score (nSPS) is 18.6. The van der Waals surface area contributed by atoms with E-state index in [4.69, 9.17) is 4.74 Å². The Labute approximate surface area is 178 Å². The molecule has 1 saturated heterocycles. The van der Waals surface area contributed by atoms with Crippen LogP contribution in [0, 0.1) is 0 Å². The third-order valence-corrected chi connectivity index (χ3v) is 5.14. The van der Waals surface area contributed by atoms with E-state index in [0.717, 1.165) is 31.0 Å². The molecule has 2 aliphatic heterocycles. The smallest absolute Gasteiger partial charge is 0.410 e. The summed E-state index contributed by atoms with van der Waals surface area (Å²) in [6.07, 6.45) is 0.548. The lowest BCUT2D eigenvalue weighted by Gasteiger charge is -2.39. The van der Waals surface area contributed by atoms with Gasteiger partial charge in [-0.2, -0.15) is 0 Å².